The van der Waals surface area contributed by atoms with Gasteiger partial charge in [-0.3, -0.25) is 0 Å². The minimum atomic E-state index is 0.681. The number of nitrogens with zero attached hydrogens (tertiary/aromatic N) is 1. The predicted molar refractivity (Wildman–Crippen MR) is 69.0 cm³/mol. The number of fused-ring (bicyclic) bond motifs is 1. The second-order valence-electron chi connectivity index (χ2n) is 3.84. The first-order chi connectivity index (χ1) is 8.36. The van der Waals surface area contributed by atoms with E-state index in [4.69, 9.17) is 4.42 Å². The molecule has 1 N–H and O–H groups in total. The molecule has 0 aliphatic heterocycles. The van der Waals surface area contributed by atoms with Crippen molar-refractivity contribution >= 4 is 16.8 Å². The zero-order chi connectivity index (χ0) is 11.7. The van der Waals surface area contributed by atoms with Gasteiger partial charge < -0.3 is 9.73 Å². The van der Waals surface area contributed by atoms with Crippen molar-refractivity contribution in [3.8, 4) is 11.3 Å². The standard InChI is InChI=1S/C14H12N2O/c1-15-12-6-4-10(5-7-12)13-9-11-3-2-8-16-14(11)17-13/h2-9,15H,1H3. The van der Waals surface area contributed by atoms with Crippen molar-refractivity contribution in [3.63, 3.8) is 0 Å². The number of rotatable bonds is 2. The number of hydrogen-bond acceptors (Lipinski definition) is 3. The highest BCUT2D eigenvalue weighted by atomic mass is 16.3. The Bertz CT molecular complexity index is 608. The molecular formula is C14H12N2O. The van der Waals surface area contributed by atoms with Crippen LogP contribution in [0.3, 0.4) is 0 Å². The molecule has 0 amide bonds. The molecule has 0 saturated heterocycles. The largest absolute Gasteiger partial charge is 0.438 e. The molecule has 3 nitrogen and oxygen atoms in total. The van der Waals surface area contributed by atoms with E-state index in [9.17, 15) is 0 Å². The molecule has 0 unspecified atom stereocenters. The Hall–Kier alpha value is -2.29. The minimum absolute atomic E-state index is 0.681. The monoisotopic (exact) mass is 224 g/mol. The van der Waals surface area contributed by atoms with Gasteiger partial charge >= 0.3 is 0 Å². The Balaban J connectivity index is 2.07. The number of pyridine rings is 1. The number of hydrogen-bond donors (Lipinski definition) is 1. The summed E-state index contributed by atoms with van der Waals surface area (Å²) in [5, 5.41) is 4.12. The Morgan fingerprint density at radius 1 is 1.12 bits per heavy atom. The van der Waals surface area contributed by atoms with E-state index in [-0.39, 0.29) is 0 Å². The van der Waals surface area contributed by atoms with E-state index in [2.05, 4.69) is 10.3 Å². The van der Waals surface area contributed by atoms with Gasteiger partial charge in [-0.2, -0.15) is 0 Å². The van der Waals surface area contributed by atoms with Crippen LogP contribution in [0.4, 0.5) is 5.69 Å². The SMILES string of the molecule is CNc1ccc(-c2cc3cccnc3o2)cc1. The molecule has 3 aromatic rings. The molecule has 0 atom stereocenters. The van der Waals surface area contributed by atoms with Gasteiger partial charge in [0.05, 0.1) is 0 Å². The van der Waals surface area contributed by atoms with E-state index in [0.717, 1.165) is 22.4 Å². The molecule has 2 aromatic heterocycles. The highest BCUT2D eigenvalue weighted by molar-refractivity contribution is 5.79. The first kappa shape index (κ1) is 9.90. The second-order valence-corrected chi connectivity index (χ2v) is 3.84. The first-order valence-electron chi connectivity index (χ1n) is 5.49. The fraction of sp³-hybridized carbons (Fsp3) is 0.0714. The average Bonchev–Trinajstić information content (AvgIpc) is 2.82. The van der Waals surface area contributed by atoms with E-state index in [1.165, 1.54) is 0 Å². The number of nitrogens with one attached hydrogen (secondary N) is 1. The Kier molecular flexibility index (Phi) is 2.29. The number of anilines is 1. The quantitative estimate of drug-likeness (QED) is 0.723. The minimum Gasteiger partial charge on any atom is -0.438 e. The highest BCUT2D eigenvalue weighted by Crippen LogP contribution is 2.27. The van der Waals surface area contributed by atoms with E-state index >= 15 is 0 Å². The zero-order valence-electron chi connectivity index (χ0n) is 9.47. The van der Waals surface area contributed by atoms with Crippen LogP contribution in [0.2, 0.25) is 0 Å². The van der Waals surface area contributed by atoms with Crippen molar-refractivity contribution in [1.82, 2.24) is 4.98 Å². The molecule has 84 valence electrons. The van der Waals surface area contributed by atoms with Crippen molar-refractivity contribution < 1.29 is 4.42 Å². The normalized spacial score (nSPS) is 10.6. The Morgan fingerprint density at radius 3 is 2.65 bits per heavy atom. The molecule has 0 radical (unpaired) electrons. The van der Waals surface area contributed by atoms with Gasteiger partial charge in [-0.1, -0.05) is 0 Å². The second kappa shape index (κ2) is 3.94. The van der Waals surface area contributed by atoms with Crippen LogP contribution in [0, 0.1) is 0 Å². The van der Waals surface area contributed by atoms with Crippen LogP contribution in [0.25, 0.3) is 22.4 Å². The Labute approximate surface area is 99.1 Å². The third-order valence-electron chi connectivity index (χ3n) is 2.75. The van der Waals surface area contributed by atoms with Crippen molar-refractivity contribution in [3.05, 3.63) is 48.7 Å². The lowest BCUT2D eigenvalue weighted by Crippen LogP contribution is -1.86. The van der Waals surface area contributed by atoms with Gasteiger partial charge in [0.2, 0.25) is 5.71 Å². The van der Waals surface area contributed by atoms with Gasteiger partial charge in [0.15, 0.2) is 0 Å². The highest BCUT2D eigenvalue weighted by Gasteiger charge is 2.05. The van der Waals surface area contributed by atoms with Gasteiger partial charge in [0.25, 0.3) is 0 Å². The lowest BCUT2D eigenvalue weighted by atomic mass is 10.1. The fourth-order valence-corrected chi connectivity index (χ4v) is 1.82. The van der Waals surface area contributed by atoms with E-state index < -0.39 is 0 Å². The molecule has 0 aliphatic rings. The van der Waals surface area contributed by atoms with Crippen molar-refractivity contribution in [2.75, 3.05) is 12.4 Å². The lowest BCUT2D eigenvalue weighted by molar-refractivity contribution is 0.618. The average molecular weight is 224 g/mol. The van der Waals surface area contributed by atoms with Crippen molar-refractivity contribution in [2.45, 2.75) is 0 Å². The molecule has 0 saturated carbocycles. The summed E-state index contributed by atoms with van der Waals surface area (Å²) >= 11 is 0. The third kappa shape index (κ3) is 1.76. The molecule has 1 aromatic carbocycles. The Morgan fingerprint density at radius 2 is 1.94 bits per heavy atom. The maximum absolute atomic E-state index is 5.70. The molecule has 0 fully saturated rings. The summed E-state index contributed by atoms with van der Waals surface area (Å²) in [6.45, 7) is 0. The van der Waals surface area contributed by atoms with Crippen LogP contribution < -0.4 is 5.32 Å². The topological polar surface area (TPSA) is 38.1 Å². The van der Waals surface area contributed by atoms with Crippen LogP contribution in [0.15, 0.2) is 53.1 Å². The maximum Gasteiger partial charge on any atom is 0.226 e. The lowest BCUT2D eigenvalue weighted by Gasteiger charge is -2.00. The molecule has 2 heterocycles. The molecule has 3 rings (SSSR count). The zero-order valence-corrected chi connectivity index (χ0v) is 9.47. The van der Waals surface area contributed by atoms with Gasteiger partial charge in [-0.15, -0.1) is 0 Å². The number of aromatic nitrogens is 1. The van der Waals surface area contributed by atoms with Crippen LogP contribution in [-0.2, 0) is 0 Å². The molecule has 0 bridgehead atoms. The van der Waals surface area contributed by atoms with E-state index in [1.807, 2.05) is 49.5 Å². The molecular weight excluding hydrogens is 212 g/mol. The van der Waals surface area contributed by atoms with E-state index in [1.54, 1.807) is 6.20 Å². The van der Waals surface area contributed by atoms with Crippen LogP contribution in [-0.4, -0.2) is 12.0 Å². The van der Waals surface area contributed by atoms with Gasteiger partial charge in [-0.25, -0.2) is 4.98 Å². The summed E-state index contributed by atoms with van der Waals surface area (Å²) in [5.74, 6) is 0.848. The van der Waals surface area contributed by atoms with Gasteiger partial charge in [0.1, 0.15) is 5.76 Å². The summed E-state index contributed by atoms with van der Waals surface area (Å²) in [6, 6.07) is 14.0. The first-order valence-corrected chi connectivity index (χ1v) is 5.49. The number of benzene rings is 1. The van der Waals surface area contributed by atoms with Gasteiger partial charge in [-0.05, 0) is 42.5 Å². The van der Waals surface area contributed by atoms with Crippen LogP contribution in [0.1, 0.15) is 0 Å². The summed E-state index contributed by atoms with van der Waals surface area (Å²) in [5.41, 5.74) is 2.82. The summed E-state index contributed by atoms with van der Waals surface area (Å²) in [6.07, 6.45) is 1.74. The van der Waals surface area contributed by atoms with Crippen molar-refractivity contribution in [1.29, 1.82) is 0 Å². The molecule has 0 aliphatic carbocycles. The maximum atomic E-state index is 5.70. The number of furan rings is 1. The van der Waals surface area contributed by atoms with Crippen molar-refractivity contribution in [2.24, 2.45) is 0 Å². The molecule has 0 spiro atoms. The summed E-state index contributed by atoms with van der Waals surface area (Å²) in [4.78, 5) is 4.18. The predicted octanol–water partition coefficient (Wildman–Crippen LogP) is 3.54. The smallest absolute Gasteiger partial charge is 0.226 e. The van der Waals surface area contributed by atoms with Crippen LogP contribution in [0.5, 0.6) is 0 Å². The fourth-order valence-electron chi connectivity index (χ4n) is 1.82. The van der Waals surface area contributed by atoms with E-state index in [0.29, 0.717) is 5.71 Å². The summed E-state index contributed by atoms with van der Waals surface area (Å²) in [7, 11) is 1.90. The van der Waals surface area contributed by atoms with Gasteiger partial charge in [0, 0.05) is 29.9 Å². The van der Waals surface area contributed by atoms with Crippen LogP contribution >= 0.6 is 0 Å². The third-order valence-corrected chi connectivity index (χ3v) is 2.75. The summed E-state index contributed by atoms with van der Waals surface area (Å²) < 4.78 is 5.70. The molecule has 17 heavy (non-hydrogen) atoms. The molecule has 3 heteroatoms.